The Labute approximate surface area is 146 Å². The zero-order valence-corrected chi connectivity index (χ0v) is 14.2. The highest BCUT2D eigenvalue weighted by atomic mass is 16.5. The maximum atomic E-state index is 12.1. The molecule has 2 aromatic rings. The van der Waals surface area contributed by atoms with Crippen molar-refractivity contribution in [1.82, 2.24) is 10.4 Å². The van der Waals surface area contributed by atoms with Crippen LogP contribution in [0.25, 0.3) is 0 Å². The molecule has 0 bridgehead atoms. The quantitative estimate of drug-likeness (QED) is 0.598. The lowest BCUT2D eigenvalue weighted by molar-refractivity contribution is -0.115. The van der Waals surface area contributed by atoms with Gasteiger partial charge in [0.05, 0.1) is 24.3 Å². The first-order valence-electron chi connectivity index (χ1n) is 7.85. The lowest BCUT2D eigenvalue weighted by Crippen LogP contribution is -2.21. The molecule has 25 heavy (non-hydrogen) atoms. The Hall–Kier alpha value is -3.22. The summed E-state index contributed by atoms with van der Waals surface area (Å²) in [7, 11) is 0. The van der Waals surface area contributed by atoms with E-state index in [1.54, 1.807) is 37.4 Å². The normalized spacial score (nSPS) is 10.9. The molecule has 0 radical (unpaired) electrons. The smallest absolute Gasteiger partial charge is 0.272 e. The molecular weight excluding hydrogens is 320 g/mol. The van der Waals surface area contributed by atoms with Crippen LogP contribution >= 0.6 is 0 Å². The summed E-state index contributed by atoms with van der Waals surface area (Å²) in [5, 5.41) is 6.72. The van der Waals surface area contributed by atoms with E-state index in [9.17, 15) is 9.59 Å². The van der Waals surface area contributed by atoms with E-state index in [0.717, 1.165) is 0 Å². The molecular formula is C18H20N4O3. The minimum absolute atomic E-state index is 0.0494. The predicted molar refractivity (Wildman–Crippen MR) is 95.7 cm³/mol. The van der Waals surface area contributed by atoms with Crippen LogP contribution in [0.4, 0.5) is 5.69 Å². The van der Waals surface area contributed by atoms with Gasteiger partial charge in [0, 0.05) is 18.1 Å². The molecule has 2 amide bonds. The van der Waals surface area contributed by atoms with Gasteiger partial charge in [-0.3, -0.25) is 14.6 Å². The lowest BCUT2D eigenvalue weighted by Gasteiger charge is -2.11. The monoisotopic (exact) mass is 340 g/mol. The van der Waals surface area contributed by atoms with Crippen molar-refractivity contribution in [3.05, 3.63) is 54.4 Å². The Morgan fingerprint density at radius 2 is 2.00 bits per heavy atom. The third kappa shape index (κ3) is 5.72. The zero-order valence-electron chi connectivity index (χ0n) is 14.2. The molecule has 7 nitrogen and oxygen atoms in total. The number of carbonyl (C=O) groups is 2. The molecule has 1 aromatic heterocycles. The van der Waals surface area contributed by atoms with E-state index in [0.29, 0.717) is 29.3 Å². The van der Waals surface area contributed by atoms with Gasteiger partial charge in [-0.1, -0.05) is 12.1 Å². The van der Waals surface area contributed by atoms with Crippen LogP contribution in [0.1, 0.15) is 30.6 Å². The number of hydrazone groups is 1. The summed E-state index contributed by atoms with van der Waals surface area (Å²) in [4.78, 5) is 27.9. The van der Waals surface area contributed by atoms with Crippen LogP contribution in [-0.4, -0.2) is 29.1 Å². The molecule has 130 valence electrons. The standard InChI is InChI=1S/C18H20N4O3/c1-3-25-16-9-5-4-8-15(16)20-17(23)11-13(2)21-22-18(24)14-7-6-10-19-12-14/h4-10,12H,3,11H2,1-2H3,(H,20,23)(H,22,24)/b21-13+. The van der Waals surface area contributed by atoms with Gasteiger partial charge in [0.25, 0.3) is 5.91 Å². The second-order valence-electron chi connectivity index (χ2n) is 5.18. The van der Waals surface area contributed by atoms with Crippen molar-refractivity contribution < 1.29 is 14.3 Å². The number of anilines is 1. The number of nitrogens with one attached hydrogen (secondary N) is 2. The third-order valence-corrected chi connectivity index (χ3v) is 3.15. The molecule has 0 unspecified atom stereocenters. The molecule has 0 aliphatic heterocycles. The second kappa shape index (κ2) is 9.17. The third-order valence-electron chi connectivity index (χ3n) is 3.15. The van der Waals surface area contributed by atoms with Gasteiger partial charge in [-0.2, -0.15) is 5.10 Å². The van der Waals surface area contributed by atoms with Gasteiger partial charge in [0.15, 0.2) is 0 Å². The Morgan fingerprint density at radius 3 is 2.72 bits per heavy atom. The summed E-state index contributed by atoms with van der Waals surface area (Å²) in [6.45, 7) is 4.05. The maximum absolute atomic E-state index is 12.1. The first kappa shape index (κ1) is 18.1. The number of carbonyl (C=O) groups excluding carboxylic acids is 2. The van der Waals surface area contributed by atoms with E-state index in [2.05, 4.69) is 20.8 Å². The van der Waals surface area contributed by atoms with Crippen LogP contribution in [0.15, 0.2) is 53.9 Å². The van der Waals surface area contributed by atoms with Crippen molar-refractivity contribution in [2.75, 3.05) is 11.9 Å². The molecule has 0 spiro atoms. The van der Waals surface area contributed by atoms with E-state index in [1.807, 2.05) is 19.1 Å². The van der Waals surface area contributed by atoms with Gasteiger partial charge < -0.3 is 10.1 Å². The van der Waals surface area contributed by atoms with Crippen molar-refractivity contribution >= 4 is 23.2 Å². The molecule has 7 heteroatoms. The maximum Gasteiger partial charge on any atom is 0.272 e. The molecule has 0 saturated heterocycles. The Balaban J connectivity index is 1.90. The number of benzene rings is 1. The minimum Gasteiger partial charge on any atom is -0.492 e. The van der Waals surface area contributed by atoms with Crippen molar-refractivity contribution in [3.63, 3.8) is 0 Å². The molecule has 2 rings (SSSR count). The lowest BCUT2D eigenvalue weighted by atomic mass is 10.2. The van der Waals surface area contributed by atoms with Gasteiger partial charge >= 0.3 is 0 Å². The number of para-hydroxylation sites is 2. The summed E-state index contributed by atoms with van der Waals surface area (Å²) in [6, 6.07) is 10.5. The zero-order chi connectivity index (χ0) is 18.1. The molecule has 0 aliphatic rings. The molecule has 0 saturated carbocycles. The van der Waals surface area contributed by atoms with Crippen molar-refractivity contribution in [3.8, 4) is 5.75 Å². The predicted octanol–water partition coefficient (Wildman–Crippen LogP) is 2.61. The van der Waals surface area contributed by atoms with Gasteiger partial charge in [-0.15, -0.1) is 0 Å². The van der Waals surface area contributed by atoms with Gasteiger partial charge in [-0.05, 0) is 38.1 Å². The van der Waals surface area contributed by atoms with Crippen LogP contribution < -0.4 is 15.5 Å². The highest BCUT2D eigenvalue weighted by Gasteiger charge is 2.09. The molecule has 0 fully saturated rings. The van der Waals surface area contributed by atoms with E-state index < -0.39 is 0 Å². The number of amides is 2. The minimum atomic E-state index is -0.380. The second-order valence-corrected chi connectivity index (χ2v) is 5.18. The number of pyridine rings is 1. The van der Waals surface area contributed by atoms with E-state index >= 15 is 0 Å². The van der Waals surface area contributed by atoms with Crippen LogP contribution in [0.5, 0.6) is 5.75 Å². The number of hydrogen-bond donors (Lipinski definition) is 2. The molecule has 1 aromatic carbocycles. The van der Waals surface area contributed by atoms with Crippen LogP contribution in [0.3, 0.4) is 0 Å². The van der Waals surface area contributed by atoms with E-state index in [1.165, 1.54) is 6.20 Å². The Kier molecular flexibility index (Phi) is 6.65. The topological polar surface area (TPSA) is 92.7 Å². The summed E-state index contributed by atoms with van der Waals surface area (Å²) in [5.41, 5.74) is 3.88. The van der Waals surface area contributed by atoms with Gasteiger partial charge in [-0.25, -0.2) is 5.43 Å². The van der Waals surface area contributed by atoms with Gasteiger partial charge in [0.2, 0.25) is 5.91 Å². The van der Waals surface area contributed by atoms with Gasteiger partial charge in [0.1, 0.15) is 5.75 Å². The molecule has 1 heterocycles. The van der Waals surface area contributed by atoms with Crippen molar-refractivity contribution in [2.24, 2.45) is 5.10 Å². The largest absolute Gasteiger partial charge is 0.492 e. The van der Waals surface area contributed by atoms with Crippen LogP contribution in [0.2, 0.25) is 0 Å². The summed E-state index contributed by atoms with van der Waals surface area (Å²) < 4.78 is 5.46. The van der Waals surface area contributed by atoms with Crippen molar-refractivity contribution in [2.45, 2.75) is 20.3 Å². The number of hydrogen-bond acceptors (Lipinski definition) is 5. The highest BCUT2D eigenvalue weighted by Crippen LogP contribution is 2.23. The Bertz CT molecular complexity index is 760. The molecule has 0 atom stereocenters. The fourth-order valence-electron chi connectivity index (χ4n) is 2.03. The number of nitrogens with zero attached hydrogens (tertiary/aromatic N) is 2. The molecule has 0 aliphatic carbocycles. The summed E-state index contributed by atoms with van der Waals surface area (Å²) >= 11 is 0. The fraction of sp³-hybridized carbons (Fsp3) is 0.222. The average molecular weight is 340 g/mol. The molecule has 2 N–H and O–H groups in total. The number of aromatic nitrogens is 1. The van der Waals surface area contributed by atoms with Crippen molar-refractivity contribution in [1.29, 1.82) is 0 Å². The number of rotatable bonds is 7. The summed E-state index contributed by atoms with van der Waals surface area (Å²) in [6.07, 6.45) is 3.07. The van der Waals surface area contributed by atoms with Crippen LogP contribution in [-0.2, 0) is 4.79 Å². The first-order valence-corrected chi connectivity index (χ1v) is 7.85. The average Bonchev–Trinajstić information content (AvgIpc) is 2.62. The summed E-state index contributed by atoms with van der Waals surface area (Å²) in [5.74, 6) is -0.0172. The van der Waals surface area contributed by atoms with E-state index in [-0.39, 0.29) is 18.2 Å². The SMILES string of the molecule is CCOc1ccccc1NC(=O)C/C(C)=N/NC(=O)c1cccnc1. The fourth-order valence-corrected chi connectivity index (χ4v) is 2.03. The van der Waals surface area contributed by atoms with E-state index in [4.69, 9.17) is 4.74 Å². The van der Waals surface area contributed by atoms with Crippen LogP contribution in [0, 0.1) is 0 Å². The number of ether oxygens (including phenoxy) is 1. The highest BCUT2D eigenvalue weighted by molar-refractivity contribution is 6.06. The first-order chi connectivity index (χ1) is 12.1. The Morgan fingerprint density at radius 1 is 1.20 bits per heavy atom.